The smallest absolute Gasteiger partial charge is 0.328 e. The summed E-state index contributed by atoms with van der Waals surface area (Å²) in [7, 11) is 1.31. The summed E-state index contributed by atoms with van der Waals surface area (Å²) in [4.78, 5) is 28.8. The summed E-state index contributed by atoms with van der Waals surface area (Å²) >= 11 is 0. The summed E-state index contributed by atoms with van der Waals surface area (Å²) in [5, 5.41) is 12.4. The number of ether oxygens (including phenoxy) is 3. The van der Waals surface area contributed by atoms with Crippen LogP contribution in [0.25, 0.3) is 0 Å². The number of aromatic nitrogens is 1. The number of carbonyl (C=O) groups excluding carboxylic acids is 2. The second kappa shape index (κ2) is 9.21. The van der Waals surface area contributed by atoms with Crippen molar-refractivity contribution in [2.75, 3.05) is 13.7 Å². The van der Waals surface area contributed by atoms with Crippen molar-refractivity contribution in [1.29, 1.82) is 0 Å². The van der Waals surface area contributed by atoms with Gasteiger partial charge in [-0.2, -0.15) is 0 Å². The summed E-state index contributed by atoms with van der Waals surface area (Å²) in [5.41, 5.74) is -1.68. The van der Waals surface area contributed by atoms with Gasteiger partial charge in [0.15, 0.2) is 17.2 Å². The Bertz CT molecular complexity index is 1030. The standard InChI is InChI=1S/C23H26F2N2O6/c1-5-32-16-8-6-15(7-9-16)22(12-23(22,24)25)14(3)33-21(30)13(2)27-20(29)18-19(28)17(31-4)10-11-26-18/h6-11,13-14,28H,5,12H2,1-4H3,(H,27,29)/t13-,14?,22?/m0/s1. The number of hydrogen-bond acceptors (Lipinski definition) is 7. The largest absolute Gasteiger partial charge is 0.503 e. The number of rotatable bonds is 9. The van der Waals surface area contributed by atoms with E-state index in [1.165, 1.54) is 33.2 Å². The number of benzene rings is 1. The quantitative estimate of drug-likeness (QED) is 0.549. The van der Waals surface area contributed by atoms with E-state index in [4.69, 9.17) is 14.2 Å². The summed E-state index contributed by atoms with van der Waals surface area (Å²) in [5.74, 6) is -4.70. The van der Waals surface area contributed by atoms with Gasteiger partial charge in [-0.05, 0) is 38.5 Å². The van der Waals surface area contributed by atoms with Crippen LogP contribution in [0.1, 0.15) is 43.2 Å². The lowest BCUT2D eigenvalue weighted by atomic mass is 9.89. The molecule has 2 unspecified atom stereocenters. The maximum absolute atomic E-state index is 14.5. The SMILES string of the molecule is CCOc1ccc(C2(C(C)OC(=O)[C@H](C)NC(=O)c3nccc(OC)c3O)CC2(F)F)cc1. The summed E-state index contributed by atoms with van der Waals surface area (Å²) < 4.78 is 44.6. The average molecular weight is 464 g/mol. The normalized spacial score (nSPS) is 20.3. The number of pyridine rings is 1. The number of hydrogen-bond donors (Lipinski definition) is 2. The number of halogens is 2. The molecule has 1 aliphatic carbocycles. The molecule has 1 aromatic heterocycles. The van der Waals surface area contributed by atoms with Crippen LogP contribution in [0.4, 0.5) is 8.78 Å². The van der Waals surface area contributed by atoms with Crippen molar-refractivity contribution in [3.63, 3.8) is 0 Å². The fraction of sp³-hybridized carbons (Fsp3) is 0.435. The van der Waals surface area contributed by atoms with Gasteiger partial charge in [0.05, 0.1) is 13.7 Å². The van der Waals surface area contributed by atoms with E-state index in [1.54, 1.807) is 24.3 Å². The van der Waals surface area contributed by atoms with Gasteiger partial charge < -0.3 is 24.6 Å². The van der Waals surface area contributed by atoms with Crippen LogP contribution in [0.5, 0.6) is 17.2 Å². The predicted octanol–water partition coefficient (Wildman–Crippen LogP) is 3.22. The first-order valence-corrected chi connectivity index (χ1v) is 10.4. The number of alkyl halides is 2. The maximum atomic E-state index is 14.5. The third-order valence-corrected chi connectivity index (χ3v) is 5.72. The molecule has 8 nitrogen and oxygen atoms in total. The molecule has 1 saturated carbocycles. The van der Waals surface area contributed by atoms with Crippen molar-refractivity contribution in [3.05, 3.63) is 47.8 Å². The average Bonchev–Trinajstić information content (AvgIpc) is 3.37. The molecule has 0 radical (unpaired) electrons. The second-order valence-electron chi connectivity index (χ2n) is 7.79. The monoisotopic (exact) mass is 464 g/mol. The third-order valence-electron chi connectivity index (χ3n) is 5.72. The zero-order chi connectivity index (χ0) is 24.4. The van der Waals surface area contributed by atoms with E-state index in [9.17, 15) is 23.5 Å². The molecule has 33 heavy (non-hydrogen) atoms. The van der Waals surface area contributed by atoms with E-state index in [2.05, 4.69) is 10.3 Å². The zero-order valence-corrected chi connectivity index (χ0v) is 18.7. The molecule has 1 aromatic carbocycles. The molecule has 0 bridgehead atoms. The number of nitrogens with zero attached hydrogens (tertiary/aromatic N) is 1. The first kappa shape index (κ1) is 24.2. The maximum Gasteiger partial charge on any atom is 0.328 e. The van der Waals surface area contributed by atoms with Crippen molar-refractivity contribution >= 4 is 11.9 Å². The van der Waals surface area contributed by atoms with E-state index in [1.807, 2.05) is 6.92 Å². The molecule has 1 fully saturated rings. The Balaban J connectivity index is 1.70. The van der Waals surface area contributed by atoms with Crippen molar-refractivity contribution in [1.82, 2.24) is 10.3 Å². The molecule has 1 amide bonds. The van der Waals surface area contributed by atoms with E-state index in [0.717, 1.165) is 0 Å². The lowest BCUT2D eigenvalue weighted by molar-refractivity contribution is -0.153. The van der Waals surface area contributed by atoms with E-state index in [-0.39, 0.29) is 11.4 Å². The number of nitrogens with one attached hydrogen (secondary N) is 1. The lowest BCUT2D eigenvalue weighted by Gasteiger charge is -2.26. The highest BCUT2D eigenvalue weighted by molar-refractivity contribution is 5.97. The first-order chi connectivity index (χ1) is 15.6. The molecule has 3 rings (SSSR count). The second-order valence-corrected chi connectivity index (χ2v) is 7.79. The van der Waals surface area contributed by atoms with Crippen LogP contribution in [-0.2, 0) is 14.9 Å². The van der Waals surface area contributed by atoms with Crippen molar-refractivity contribution in [3.8, 4) is 17.2 Å². The van der Waals surface area contributed by atoms with Crippen LogP contribution in [0.2, 0.25) is 0 Å². The van der Waals surface area contributed by atoms with Gasteiger partial charge >= 0.3 is 5.97 Å². The van der Waals surface area contributed by atoms with Crippen LogP contribution in [0, 0.1) is 0 Å². The molecular weight excluding hydrogens is 438 g/mol. The number of aromatic hydroxyl groups is 1. The minimum absolute atomic E-state index is 0.0345. The number of carbonyl (C=O) groups is 2. The van der Waals surface area contributed by atoms with E-state index >= 15 is 0 Å². The van der Waals surface area contributed by atoms with Crippen molar-refractivity contribution in [2.24, 2.45) is 0 Å². The highest BCUT2D eigenvalue weighted by Crippen LogP contribution is 2.64. The molecule has 2 N–H and O–H groups in total. The van der Waals surface area contributed by atoms with Gasteiger partial charge in [0.25, 0.3) is 11.8 Å². The van der Waals surface area contributed by atoms with Crippen LogP contribution < -0.4 is 14.8 Å². The summed E-state index contributed by atoms with van der Waals surface area (Å²) in [6.45, 7) is 5.01. The number of methoxy groups -OCH3 is 1. The van der Waals surface area contributed by atoms with Gasteiger partial charge in [0.2, 0.25) is 0 Å². The topological polar surface area (TPSA) is 107 Å². The highest BCUT2D eigenvalue weighted by Gasteiger charge is 2.75. The molecule has 0 spiro atoms. The fourth-order valence-electron chi connectivity index (χ4n) is 3.78. The molecule has 3 atom stereocenters. The van der Waals surface area contributed by atoms with Crippen LogP contribution in [-0.4, -0.2) is 53.8 Å². The third kappa shape index (κ3) is 4.55. The van der Waals surface area contributed by atoms with Gasteiger partial charge in [-0.25, -0.2) is 18.6 Å². The van der Waals surface area contributed by atoms with E-state index < -0.39 is 47.5 Å². The molecule has 1 aliphatic rings. The van der Waals surface area contributed by atoms with Crippen LogP contribution in [0.15, 0.2) is 36.5 Å². The van der Waals surface area contributed by atoms with Crippen molar-refractivity contribution < 1.29 is 37.7 Å². The molecule has 0 saturated heterocycles. The predicted molar refractivity (Wildman–Crippen MR) is 114 cm³/mol. The Kier molecular flexibility index (Phi) is 6.76. The zero-order valence-electron chi connectivity index (χ0n) is 18.7. The molecular formula is C23H26F2N2O6. The Hall–Kier alpha value is -3.43. The fourth-order valence-corrected chi connectivity index (χ4v) is 3.78. The Morgan fingerprint density at radius 1 is 1.21 bits per heavy atom. The molecule has 178 valence electrons. The minimum atomic E-state index is -3.05. The summed E-state index contributed by atoms with van der Waals surface area (Å²) in [6.07, 6.45) is -0.375. The van der Waals surface area contributed by atoms with Gasteiger partial charge in [0.1, 0.15) is 23.3 Å². The Morgan fingerprint density at radius 2 is 1.85 bits per heavy atom. The Labute approximate surface area is 189 Å². The molecule has 0 aliphatic heterocycles. The van der Waals surface area contributed by atoms with Crippen molar-refractivity contribution in [2.45, 2.75) is 50.7 Å². The van der Waals surface area contributed by atoms with E-state index in [0.29, 0.717) is 17.9 Å². The lowest BCUT2D eigenvalue weighted by Crippen LogP contribution is -2.43. The summed E-state index contributed by atoms with van der Waals surface area (Å²) in [6, 6.07) is 6.45. The van der Waals surface area contributed by atoms with Gasteiger partial charge in [0, 0.05) is 18.7 Å². The molecule has 1 heterocycles. The molecule has 10 heteroatoms. The molecule has 2 aromatic rings. The van der Waals surface area contributed by atoms with Crippen LogP contribution in [0.3, 0.4) is 0 Å². The number of esters is 1. The van der Waals surface area contributed by atoms with Gasteiger partial charge in [-0.1, -0.05) is 12.1 Å². The van der Waals surface area contributed by atoms with Gasteiger partial charge in [-0.15, -0.1) is 0 Å². The highest BCUT2D eigenvalue weighted by atomic mass is 19.3. The minimum Gasteiger partial charge on any atom is -0.503 e. The van der Waals surface area contributed by atoms with Crippen LogP contribution >= 0.6 is 0 Å². The van der Waals surface area contributed by atoms with Gasteiger partial charge in [-0.3, -0.25) is 4.79 Å². The number of amides is 1. The Morgan fingerprint density at radius 3 is 2.39 bits per heavy atom. The first-order valence-electron chi connectivity index (χ1n) is 10.4.